The van der Waals surface area contributed by atoms with Gasteiger partial charge in [-0.15, -0.1) is 5.10 Å². The molecule has 1 aromatic heterocycles. The van der Waals surface area contributed by atoms with Gasteiger partial charge in [-0.25, -0.2) is 9.48 Å². The second-order valence-electron chi connectivity index (χ2n) is 8.25. The van der Waals surface area contributed by atoms with Crippen LogP contribution >= 0.6 is 11.6 Å². The maximum absolute atomic E-state index is 13.9. The Morgan fingerprint density at radius 3 is 2.42 bits per heavy atom. The molecule has 0 fully saturated rings. The van der Waals surface area contributed by atoms with Crippen LogP contribution in [0.4, 0.5) is 22.0 Å². The van der Waals surface area contributed by atoms with Crippen LogP contribution in [0.2, 0.25) is 5.02 Å². The number of carbonyl (C=O) groups excluding carboxylic acids is 1. The first kappa shape index (κ1) is 29.0. The number of rotatable bonds is 10. The van der Waals surface area contributed by atoms with Gasteiger partial charge in [0.2, 0.25) is 5.91 Å². The Hall–Kier alpha value is -3.55. The zero-order valence-electron chi connectivity index (χ0n) is 19.6. The molecule has 2 atom stereocenters. The lowest BCUT2D eigenvalue weighted by Gasteiger charge is -2.19. The fraction of sp³-hybridized carbons (Fsp3) is 0.292. The molecule has 0 aliphatic heterocycles. The maximum Gasteiger partial charge on any atom is 0.416 e. The Kier molecular flexibility index (Phi) is 8.75. The van der Waals surface area contributed by atoms with Crippen molar-refractivity contribution in [3.05, 3.63) is 87.8 Å². The van der Waals surface area contributed by atoms with Gasteiger partial charge in [-0.2, -0.15) is 22.0 Å². The number of nitrogens with two attached hydrogens (primary N) is 1. The van der Waals surface area contributed by atoms with Crippen LogP contribution in [0.3, 0.4) is 0 Å². The molecule has 1 amide bonds. The first-order valence-corrected chi connectivity index (χ1v) is 11.4. The van der Waals surface area contributed by atoms with E-state index in [1.54, 1.807) is 0 Å². The fourth-order valence-corrected chi connectivity index (χ4v) is 3.66. The summed E-state index contributed by atoms with van der Waals surface area (Å²) in [6.45, 7) is 1.12. The van der Waals surface area contributed by atoms with E-state index < -0.39 is 54.5 Å². The highest BCUT2D eigenvalue weighted by Crippen LogP contribution is 2.30. The molecule has 0 aliphatic carbocycles. The van der Waals surface area contributed by atoms with Gasteiger partial charge in [-0.3, -0.25) is 9.36 Å². The molecule has 204 valence electrons. The van der Waals surface area contributed by atoms with Crippen molar-refractivity contribution in [1.29, 1.82) is 0 Å². The Bertz CT molecular complexity index is 1350. The summed E-state index contributed by atoms with van der Waals surface area (Å²) in [7, 11) is 0. The first-order chi connectivity index (χ1) is 17.8. The molecule has 0 saturated carbocycles. The summed E-state index contributed by atoms with van der Waals surface area (Å²) >= 11 is 5.88. The van der Waals surface area contributed by atoms with Gasteiger partial charge in [-0.05, 0) is 48.0 Å². The summed E-state index contributed by atoms with van der Waals surface area (Å²) < 4.78 is 68.5. The number of hydrogen-bond acceptors (Lipinski definition) is 5. The van der Waals surface area contributed by atoms with E-state index >= 15 is 0 Å². The molecule has 14 heteroatoms. The number of hydrogen-bond donors (Lipinski definition) is 3. The lowest BCUT2D eigenvalue weighted by molar-refractivity contribution is -0.137. The number of alkyl halides is 5. The van der Waals surface area contributed by atoms with Gasteiger partial charge < -0.3 is 16.2 Å². The molecule has 3 aromatic rings. The molecular weight excluding hydrogens is 537 g/mol. The van der Waals surface area contributed by atoms with Crippen molar-refractivity contribution in [1.82, 2.24) is 19.7 Å². The summed E-state index contributed by atoms with van der Waals surface area (Å²) in [6.07, 6.45) is -6.70. The minimum atomic E-state index is -4.61. The zero-order valence-corrected chi connectivity index (χ0v) is 20.4. The van der Waals surface area contributed by atoms with Gasteiger partial charge in [-0.1, -0.05) is 30.3 Å². The molecule has 1 unspecified atom stereocenters. The average Bonchev–Trinajstić information content (AvgIpc) is 3.17. The normalized spacial score (nSPS) is 13.7. The Morgan fingerprint density at radius 2 is 1.84 bits per heavy atom. The SMILES string of the molecule is C=CC(F)(F)[C@@H](O)Cn1c(-c2ccc(Cl)cc2)nn(CC(=O)NC(CN)c2cccc(C(F)(F)F)c2)c1=O. The molecular formula is C24H23ClF5N5O3. The van der Waals surface area contributed by atoms with Crippen LogP contribution in [-0.4, -0.2) is 43.9 Å². The number of aliphatic hydroxyl groups is 1. The Morgan fingerprint density at radius 1 is 1.18 bits per heavy atom. The number of aromatic nitrogens is 3. The highest BCUT2D eigenvalue weighted by atomic mass is 35.5. The highest BCUT2D eigenvalue weighted by molar-refractivity contribution is 6.30. The van der Waals surface area contributed by atoms with Crippen LogP contribution in [0.5, 0.6) is 0 Å². The van der Waals surface area contributed by atoms with Crippen LogP contribution in [0, 0.1) is 0 Å². The van der Waals surface area contributed by atoms with Crippen molar-refractivity contribution in [3.63, 3.8) is 0 Å². The van der Waals surface area contributed by atoms with Gasteiger partial charge in [0.15, 0.2) is 5.82 Å². The van der Waals surface area contributed by atoms with E-state index in [0.29, 0.717) is 9.70 Å². The molecule has 2 aromatic carbocycles. The van der Waals surface area contributed by atoms with Gasteiger partial charge in [0, 0.05) is 17.1 Å². The maximum atomic E-state index is 13.9. The topological polar surface area (TPSA) is 115 Å². The molecule has 3 rings (SSSR count). The first-order valence-electron chi connectivity index (χ1n) is 11.1. The number of carbonyl (C=O) groups is 1. The largest absolute Gasteiger partial charge is 0.416 e. The smallest absolute Gasteiger partial charge is 0.385 e. The van der Waals surface area contributed by atoms with Gasteiger partial charge in [0.1, 0.15) is 12.6 Å². The third kappa shape index (κ3) is 6.65. The van der Waals surface area contributed by atoms with E-state index in [-0.39, 0.29) is 29.6 Å². The summed E-state index contributed by atoms with van der Waals surface area (Å²) in [4.78, 5) is 25.7. The van der Waals surface area contributed by atoms with Crippen LogP contribution in [0.15, 0.2) is 66.0 Å². The van der Waals surface area contributed by atoms with Crippen molar-refractivity contribution in [2.24, 2.45) is 5.73 Å². The minimum Gasteiger partial charge on any atom is -0.385 e. The molecule has 0 spiro atoms. The summed E-state index contributed by atoms with van der Waals surface area (Å²) in [5.41, 5.74) is 4.10. The predicted molar refractivity (Wildman–Crippen MR) is 129 cm³/mol. The molecule has 0 bridgehead atoms. The van der Waals surface area contributed by atoms with E-state index in [0.717, 1.165) is 16.7 Å². The Balaban J connectivity index is 1.91. The zero-order chi connectivity index (χ0) is 28.3. The van der Waals surface area contributed by atoms with Gasteiger partial charge in [0.05, 0.1) is 18.2 Å². The third-order valence-electron chi connectivity index (χ3n) is 5.58. The summed E-state index contributed by atoms with van der Waals surface area (Å²) in [5.74, 6) is -4.69. The molecule has 0 aliphatic rings. The lowest BCUT2D eigenvalue weighted by Crippen LogP contribution is -2.40. The number of benzene rings is 2. The van der Waals surface area contributed by atoms with Crippen molar-refractivity contribution in [2.75, 3.05) is 6.54 Å². The molecule has 8 nitrogen and oxygen atoms in total. The van der Waals surface area contributed by atoms with Crippen LogP contribution < -0.4 is 16.7 Å². The van der Waals surface area contributed by atoms with E-state index in [1.165, 1.54) is 36.4 Å². The molecule has 0 radical (unpaired) electrons. The minimum absolute atomic E-state index is 0.0881. The number of nitrogens with one attached hydrogen (secondary N) is 1. The van der Waals surface area contributed by atoms with Crippen LogP contribution in [-0.2, 0) is 24.1 Å². The standard InChI is InChI=1S/C24H23ClF5N5O3/c1-2-23(26,27)19(36)12-34-21(14-6-8-17(25)9-7-14)33-35(22(34)38)13-20(37)32-18(11-31)15-4-3-5-16(10-15)24(28,29)30/h2-10,18-19,36H,1,11-13,31H2,(H,32,37)/t18?,19-/m0/s1. The van der Waals surface area contributed by atoms with Crippen molar-refractivity contribution >= 4 is 17.5 Å². The lowest BCUT2D eigenvalue weighted by atomic mass is 10.0. The van der Waals surface area contributed by atoms with E-state index in [1.807, 2.05) is 0 Å². The van der Waals surface area contributed by atoms with E-state index in [9.17, 15) is 36.6 Å². The van der Waals surface area contributed by atoms with Crippen LogP contribution in [0.25, 0.3) is 11.4 Å². The number of aliphatic hydroxyl groups excluding tert-OH is 1. The van der Waals surface area contributed by atoms with Crippen LogP contribution in [0.1, 0.15) is 17.2 Å². The predicted octanol–water partition coefficient (Wildman–Crippen LogP) is 3.38. The number of nitrogens with zero attached hydrogens (tertiary/aromatic N) is 3. The third-order valence-corrected chi connectivity index (χ3v) is 5.83. The van der Waals surface area contributed by atoms with Crippen molar-refractivity contribution < 1.29 is 31.9 Å². The van der Waals surface area contributed by atoms with Gasteiger partial charge in [0.25, 0.3) is 5.92 Å². The summed E-state index contributed by atoms with van der Waals surface area (Å²) in [6, 6.07) is 9.07. The Labute approximate surface area is 218 Å². The average molecular weight is 560 g/mol. The molecule has 0 saturated heterocycles. The quantitative estimate of drug-likeness (QED) is 0.260. The molecule has 1 heterocycles. The van der Waals surface area contributed by atoms with Crippen molar-refractivity contribution in [2.45, 2.75) is 37.3 Å². The van der Waals surface area contributed by atoms with Gasteiger partial charge >= 0.3 is 11.9 Å². The second-order valence-corrected chi connectivity index (χ2v) is 8.69. The highest BCUT2D eigenvalue weighted by Gasteiger charge is 2.36. The number of amides is 1. The number of halogens is 6. The van der Waals surface area contributed by atoms with E-state index in [4.69, 9.17) is 17.3 Å². The van der Waals surface area contributed by atoms with Crippen molar-refractivity contribution in [3.8, 4) is 11.4 Å². The molecule has 4 N–H and O–H groups in total. The summed E-state index contributed by atoms with van der Waals surface area (Å²) in [5, 5.41) is 16.9. The fourth-order valence-electron chi connectivity index (χ4n) is 3.54. The molecule has 38 heavy (non-hydrogen) atoms. The van der Waals surface area contributed by atoms with E-state index in [2.05, 4.69) is 17.0 Å². The monoisotopic (exact) mass is 559 g/mol. The second kappa shape index (κ2) is 11.5.